The van der Waals surface area contributed by atoms with Crippen LogP contribution in [0, 0.1) is 0 Å². The smallest absolute Gasteiger partial charge is 0.392 e. The maximum atomic E-state index is 10.8. The van der Waals surface area contributed by atoms with Crippen LogP contribution in [0.5, 0.6) is 0 Å². The highest BCUT2D eigenvalue weighted by atomic mass is 28.3. The molecule has 0 fully saturated rings. The lowest BCUT2D eigenvalue weighted by Gasteiger charge is -2.03. The third-order valence-electron chi connectivity index (χ3n) is 7.81. The third-order valence-corrected chi connectivity index (χ3v) is 8.63. The Bertz CT molecular complexity index is 2310. The average Bonchev–Trinajstić information content (AvgIpc) is 3.75. The van der Waals surface area contributed by atoms with Crippen LogP contribution < -0.4 is 0 Å². The quantitative estimate of drug-likeness (QED) is 0.228. The average molecular weight is 576 g/mol. The summed E-state index contributed by atoms with van der Waals surface area (Å²) in [6.07, 6.45) is 0. The fourth-order valence-electron chi connectivity index (χ4n) is 5.88. The second-order valence-corrected chi connectivity index (χ2v) is 11.3. The van der Waals surface area contributed by atoms with E-state index < -0.39 is 9.45 Å². The Morgan fingerprint density at radius 1 is 0.442 bits per heavy atom. The van der Waals surface area contributed by atoms with Gasteiger partial charge in [0.2, 0.25) is 0 Å². The van der Waals surface area contributed by atoms with E-state index in [-0.39, 0.29) is 0 Å². The van der Waals surface area contributed by atoms with Crippen molar-refractivity contribution in [3.05, 3.63) is 97.1 Å². The third kappa shape index (κ3) is 3.53. The highest BCUT2D eigenvalue weighted by Crippen LogP contribution is 2.37. The summed E-state index contributed by atoms with van der Waals surface area (Å²) >= 11 is 0. The first-order chi connectivity index (χ1) is 21.1. The van der Waals surface area contributed by atoms with Gasteiger partial charge in [-0.1, -0.05) is 97.1 Å². The maximum Gasteiger partial charge on any atom is 0.530 e. The monoisotopic (exact) mass is 575 g/mol. The molecule has 0 saturated carbocycles. The van der Waals surface area contributed by atoms with Gasteiger partial charge in [-0.3, -0.25) is 4.23 Å². The molecule has 43 heavy (non-hydrogen) atoms. The number of fused-ring (bicyclic) bond motifs is 20. The van der Waals surface area contributed by atoms with Crippen molar-refractivity contribution in [2.75, 3.05) is 0 Å². The minimum Gasteiger partial charge on any atom is -0.392 e. The van der Waals surface area contributed by atoms with Gasteiger partial charge in [0.05, 0.1) is 0 Å². The van der Waals surface area contributed by atoms with Crippen LogP contribution in [-0.4, -0.2) is 58.2 Å². The number of rotatable bonds is 1. The van der Waals surface area contributed by atoms with E-state index in [1.54, 1.807) is 0 Å². The summed E-state index contributed by atoms with van der Waals surface area (Å²) in [7, 11) is -3.10. The van der Waals surface area contributed by atoms with Crippen molar-refractivity contribution in [3.8, 4) is 45.6 Å². The van der Waals surface area contributed by atoms with Gasteiger partial charge in [0.15, 0.2) is 23.3 Å². The molecule has 8 bridgehead atoms. The van der Waals surface area contributed by atoms with Crippen LogP contribution in [0.15, 0.2) is 97.1 Å². The molecule has 9 rings (SSSR count). The topological polar surface area (TPSA) is 139 Å². The Labute approximate surface area is 244 Å². The molecular formula is C32H19N8O2Si. The molecule has 11 heteroatoms. The molecule has 2 aliphatic rings. The molecule has 5 heterocycles. The molecule has 3 aromatic heterocycles. The number of benzene rings is 4. The first-order valence-electron chi connectivity index (χ1n) is 13.6. The van der Waals surface area contributed by atoms with Crippen LogP contribution in [0.3, 0.4) is 0 Å². The summed E-state index contributed by atoms with van der Waals surface area (Å²) in [5, 5.41) is 3.21. The Hall–Kier alpha value is -5.62. The van der Waals surface area contributed by atoms with E-state index in [4.69, 9.17) is 29.9 Å². The van der Waals surface area contributed by atoms with Crippen LogP contribution in [0.2, 0.25) is 0 Å². The van der Waals surface area contributed by atoms with Gasteiger partial charge in [0, 0.05) is 43.8 Å². The predicted molar refractivity (Wildman–Crippen MR) is 165 cm³/mol. The molecule has 0 aliphatic carbocycles. The van der Waals surface area contributed by atoms with Gasteiger partial charge in [0.25, 0.3) is 0 Å². The first kappa shape index (κ1) is 24.0. The van der Waals surface area contributed by atoms with Crippen molar-refractivity contribution < 1.29 is 9.59 Å². The molecule has 0 spiro atoms. The van der Waals surface area contributed by atoms with Gasteiger partial charge in [-0.25, -0.2) is 29.9 Å². The number of nitrogens with zero attached hydrogens (tertiary/aromatic N) is 7. The number of H-pyrrole nitrogens is 1. The largest absolute Gasteiger partial charge is 0.530 e. The van der Waals surface area contributed by atoms with Gasteiger partial charge in [-0.2, -0.15) is 0 Å². The summed E-state index contributed by atoms with van der Waals surface area (Å²) in [4.78, 5) is 54.6. The number of hydrogen-bond donors (Lipinski definition) is 3. The van der Waals surface area contributed by atoms with Crippen LogP contribution in [-0.2, 0) is 0 Å². The predicted octanol–water partition coefficient (Wildman–Crippen LogP) is 5.16. The van der Waals surface area contributed by atoms with E-state index in [1.165, 1.54) is 4.23 Å². The summed E-state index contributed by atoms with van der Waals surface area (Å²) < 4.78 is 1.40. The van der Waals surface area contributed by atoms with Gasteiger partial charge >= 0.3 is 9.45 Å². The summed E-state index contributed by atoms with van der Waals surface area (Å²) in [6.45, 7) is 0. The lowest BCUT2D eigenvalue weighted by Crippen LogP contribution is -2.24. The van der Waals surface area contributed by atoms with Crippen molar-refractivity contribution >= 4 is 53.6 Å². The number of aromatic nitrogens is 8. The van der Waals surface area contributed by atoms with Gasteiger partial charge in [-0.05, 0) is 0 Å². The normalized spacial score (nSPS) is 12.2. The zero-order chi connectivity index (χ0) is 28.7. The Morgan fingerprint density at radius 2 is 0.791 bits per heavy atom. The molecule has 0 atom stereocenters. The van der Waals surface area contributed by atoms with Crippen LogP contribution in [0.25, 0.3) is 89.7 Å². The van der Waals surface area contributed by atoms with Crippen molar-refractivity contribution in [2.24, 2.45) is 0 Å². The molecule has 4 aromatic carbocycles. The summed E-state index contributed by atoms with van der Waals surface area (Å²) in [6, 6.07) is 31.0. The molecule has 1 radical (unpaired) electrons. The van der Waals surface area contributed by atoms with Gasteiger partial charge < -0.3 is 14.6 Å². The molecule has 0 unspecified atom stereocenters. The highest BCUT2D eigenvalue weighted by molar-refractivity contribution is 6.43. The molecule has 2 aliphatic heterocycles. The van der Waals surface area contributed by atoms with E-state index in [2.05, 4.69) is 4.98 Å². The van der Waals surface area contributed by atoms with Crippen LogP contribution in [0.4, 0.5) is 0 Å². The number of aromatic amines is 1. The lowest BCUT2D eigenvalue weighted by molar-refractivity contribution is 0.395. The van der Waals surface area contributed by atoms with Crippen molar-refractivity contribution in [2.45, 2.75) is 0 Å². The molecule has 3 N–H and O–H groups in total. The molecular weight excluding hydrogens is 556 g/mol. The van der Waals surface area contributed by atoms with E-state index in [0.717, 1.165) is 33.0 Å². The van der Waals surface area contributed by atoms with Gasteiger partial charge in [-0.15, -0.1) is 0 Å². The number of nitrogens with one attached hydrogen (secondary N) is 1. The van der Waals surface area contributed by atoms with Crippen LogP contribution in [0.1, 0.15) is 0 Å². The zero-order valence-electron chi connectivity index (χ0n) is 22.3. The van der Waals surface area contributed by atoms with Gasteiger partial charge in [0.1, 0.15) is 22.6 Å². The second kappa shape index (κ2) is 8.94. The Balaban J connectivity index is 1.55. The fourth-order valence-corrected chi connectivity index (χ4v) is 6.60. The summed E-state index contributed by atoms with van der Waals surface area (Å²) in [5.41, 5.74) is 5.15. The second-order valence-electron chi connectivity index (χ2n) is 10.3. The molecule has 10 nitrogen and oxygen atoms in total. The minimum absolute atomic E-state index is 0.350. The number of hydrogen-bond acceptors (Lipinski definition) is 8. The van der Waals surface area contributed by atoms with Crippen molar-refractivity contribution in [1.82, 2.24) is 39.1 Å². The van der Waals surface area contributed by atoms with Crippen LogP contribution >= 0.6 is 0 Å². The van der Waals surface area contributed by atoms with Crippen molar-refractivity contribution in [1.29, 1.82) is 0 Å². The maximum absolute atomic E-state index is 10.8. The minimum atomic E-state index is -3.10. The standard InChI is InChI=1S/C32H19N8O2Si/c41-43(42)40-31-23-15-7-8-16-24(23)32(40)39-30-22-14-6-4-12-20(22)28(37-30)35-26-18-10-2-1-9-17(18)25(33-26)34-27-19-11-3-5-13-21(19)29(36-27)38-31/h1-16,41-42H,(H,33,34,35,36,37,38,39). The van der Waals surface area contributed by atoms with E-state index in [0.29, 0.717) is 56.7 Å². The zero-order valence-corrected chi connectivity index (χ0v) is 23.3. The summed E-state index contributed by atoms with van der Waals surface area (Å²) in [5.74, 6) is 1.82. The molecule has 0 amide bonds. The van der Waals surface area contributed by atoms with E-state index >= 15 is 0 Å². The molecule has 0 saturated heterocycles. The molecule has 7 aromatic rings. The van der Waals surface area contributed by atoms with Crippen molar-refractivity contribution in [3.63, 3.8) is 0 Å². The fraction of sp³-hybridized carbons (Fsp3) is 0. The SMILES string of the molecule is O[Si](O)n1c2nc3nc(nc4[nH]c(nc5nc(nc1c1ccccc12)-c1ccccc1-5)c1ccccc41)-c1ccccc1-3. The van der Waals surface area contributed by atoms with E-state index in [9.17, 15) is 9.59 Å². The first-order valence-corrected chi connectivity index (χ1v) is 15.0. The Kier molecular flexibility index (Phi) is 4.99. The molecule has 203 valence electrons. The van der Waals surface area contributed by atoms with E-state index in [1.807, 2.05) is 97.1 Å². The Morgan fingerprint density at radius 3 is 1.19 bits per heavy atom. The lowest BCUT2D eigenvalue weighted by atomic mass is 10.1. The highest BCUT2D eigenvalue weighted by Gasteiger charge is 2.25.